The Balaban J connectivity index is 2.65. The number of hydrogen-bond acceptors (Lipinski definition) is 5. The first-order valence-electron chi connectivity index (χ1n) is 2.47. The Morgan fingerprint density at radius 1 is 1.89 bits per heavy atom. The van der Waals surface area contributed by atoms with E-state index in [1.165, 1.54) is 6.33 Å². The summed E-state index contributed by atoms with van der Waals surface area (Å²) in [5.41, 5.74) is 5.29. The van der Waals surface area contributed by atoms with Gasteiger partial charge in [-0.05, 0) is 0 Å². The zero-order valence-corrected chi connectivity index (χ0v) is 4.69. The van der Waals surface area contributed by atoms with Gasteiger partial charge in [-0.2, -0.15) is 4.98 Å². The van der Waals surface area contributed by atoms with Gasteiger partial charge < -0.3 is 15.4 Å². The minimum Gasteiger partial charge on any atom is -0.394 e. The summed E-state index contributed by atoms with van der Waals surface area (Å²) in [5, 5.41) is 11.8. The third-order valence-corrected chi connectivity index (χ3v) is 0.892. The quantitative estimate of drug-likeness (QED) is 0.538. The molecule has 0 aliphatic rings. The van der Waals surface area contributed by atoms with Crippen LogP contribution < -0.4 is 5.73 Å². The summed E-state index contributed by atoms with van der Waals surface area (Å²) in [5.74, 6) is 0.262. The van der Waals surface area contributed by atoms with Crippen molar-refractivity contribution in [2.45, 2.75) is 6.04 Å². The molecule has 0 bridgehead atoms. The van der Waals surface area contributed by atoms with Crippen molar-refractivity contribution < 1.29 is 9.63 Å². The number of aliphatic hydroxyl groups is 1. The topological polar surface area (TPSA) is 85.2 Å². The van der Waals surface area contributed by atoms with Gasteiger partial charge in [-0.1, -0.05) is 5.16 Å². The fourth-order valence-electron chi connectivity index (χ4n) is 0.423. The maximum atomic E-state index is 8.45. The monoisotopic (exact) mass is 129 g/mol. The number of rotatable bonds is 2. The van der Waals surface area contributed by atoms with Gasteiger partial charge in [0, 0.05) is 0 Å². The van der Waals surface area contributed by atoms with E-state index in [1.807, 2.05) is 0 Å². The van der Waals surface area contributed by atoms with Crippen LogP contribution in [0.15, 0.2) is 10.9 Å². The molecule has 9 heavy (non-hydrogen) atoms. The molecule has 0 aliphatic heterocycles. The van der Waals surface area contributed by atoms with E-state index < -0.39 is 6.04 Å². The molecule has 0 radical (unpaired) electrons. The molecule has 50 valence electrons. The Morgan fingerprint density at radius 2 is 2.67 bits per heavy atom. The smallest absolute Gasteiger partial charge is 0.245 e. The molecule has 0 amide bonds. The standard InChI is InChI=1S/C4H7N3O2/c5-3(1-8)4-6-2-7-9-4/h2-3,8H,1,5H2/t3-/m1/s1. The summed E-state index contributed by atoms with van der Waals surface area (Å²) in [6.07, 6.45) is 1.24. The normalized spacial score (nSPS) is 13.6. The SMILES string of the molecule is N[C@H](CO)c1ncno1. The third kappa shape index (κ3) is 1.24. The van der Waals surface area contributed by atoms with Crippen molar-refractivity contribution in [2.24, 2.45) is 5.73 Å². The minimum atomic E-state index is -0.549. The van der Waals surface area contributed by atoms with E-state index in [4.69, 9.17) is 10.8 Å². The molecule has 0 saturated heterocycles. The highest BCUT2D eigenvalue weighted by atomic mass is 16.5. The molecule has 5 nitrogen and oxygen atoms in total. The lowest BCUT2D eigenvalue weighted by atomic mass is 10.3. The van der Waals surface area contributed by atoms with Crippen LogP contribution in [0, 0.1) is 0 Å². The number of aliphatic hydroxyl groups excluding tert-OH is 1. The average Bonchev–Trinajstić information content (AvgIpc) is 2.37. The lowest BCUT2D eigenvalue weighted by Crippen LogP contribution is -2.14. The number of nitrogens with zero attached hydrogens (tertiary/aromatic N) is 2. The Hall–Kier alpha value is -0.940. The molecule has 0 aromatic carbocycles. The van der Waals surface area contributed by atoms with E-state index >= 15 is 0 Å². The van der Waals surface area contributed by atoms with Crippen LogP contribution in [0.3, 0.4) is 0 Å². The summed E-state index contributed by atoms with van der Waals surface area (Å²) >= 11 is 0. The summed E-state index contributed by atoms with van der Waals surface area (Å²) in [6, 6.07) is -0.549. The highest BCUT2D eigenvalue weighted by Gasteiger charge is 2.08. The highest BCUT2D eigenvalue weighted by Crippen LogP contribution is 2.01. The van der Waals surface area contributed by atoms with Crippen LogP contribution in [0.5, 0.6) is 0 Å². The zero-order valence-electron chi connectivity index (χ0n) is 4.69. The zero-order chi connectivity index (χ0) is 6.69. The predicted molar refractivity (Wildman–Crippen MR) is 28.3 cm³/mol. The van der Waals surface area contributed by atoms with Crippen LogP contribution in [0.4, 0.5) is 0 Å². The van der Waals surface area contributed by atoms with Crippen LogP contribution in [0.2, 0.25) is 0 Å². The van der Waals surface area contributed by atoms with E-state index in [9.17, 15) is 0 Å². The van der Waals surface area contributed by atoms with Gasteiger partial charge >= 0.3 is 0 Å². The first-order valence-corrected chi connectivity index (χ1v) is 2.47. The average molecular weight is 129 g/mol. The number of nitrogens with two attached hydrogens (primary N) is 1. The molecule has 1 heterocycles. The van der Waals surface area contributed by atoms with E-state index in [-0.39, 0.29) is 12.5 Å². The van der Waals surface area contributed by atoms with Gasteiger partial charge in [0.05, 0.1) is 6.61 Å². The number of aromatic nitrogens is 2. The molecule has 0 saturated carbocycles. The van der Waals surface area contributed by atoms with Crippen LogP contribution in [-0.4, -0.2) is 21.9 Å². The summed E-state index contributed by atoms with van der Waals surface area (Å²) in [6.45, 7) is -0.178. The molecular formula is C4H7N3O2. The van der Waals surface area contributed by atoms with Crippen LogP contribution in [0.1, 0.15) is 11.9 Å². The van der Waals surface area contributed by atoms with Crippen molar-refractivity contribution in [1.82, 2.24) is 10.1 Å². The van der Waals surface area contributed by atoms with E-state index in [0.717, 1.165) is 0 Å². The first kappa shape index (κ1) is 6.18. The molecule has 1 aromatic rings. The second-order valence-corrected chi connectivity index (χ2v) is 1.57. The van der Waals surface area contributed by atoms with E-state index in [2.05, 4.69) is 14.7 Å². The van der Waals surface area contributed by atoms with E-state index in [0.29, 0.717) is 0 Å². The molecule has 3 N–H and O–H groups in total. The van der Waals surface area contributed by atoms with Gasteiger partial charge in [-0.15, -0.1) is 0 Å². The maximum absolute atomic E-state index is 8.45. The second-order valence-electron chi connectivity index (χ2n) is 1.57. The molecule has 1 atom stereocenters. The fraction of sp³-hybridized carbons (Fsp3) is 0.500. The molecule has 1 rings (SSSR count). The summed E-state index contributed by atoms with van der Waals surface area (Å²) < 4.78 is 4.54. The Labute approximate surface area is 51.5 Å². The van der Waals surface area contributed by atoms with Crippen molar-refractivity contribution in [2.75, 3.05) is 6.61 Å². The first-order chi connectivity index (χ1) is 4.34. The third-order valence-electron chi connectivity index (χ3n) is 0.892. The molecule has 1 aromatic heterocycles. The summed E-state index contributed by atoms with van der Waals surface area (Å²) in [4.78, 5) is 3.62. The fourth-order valence-corrected chi connectivity index (χ4v) is 0.423. The van der Waals surface area contributed by atoms with E-state index in [1.54, 1.807) is 0 Å². The highest BCUT2D eigenvalue weighted by molar-refractivity contribution is 4.83. The van der Waals surface area contributed by atoms with Crippen molar-refractivity contribution in [3.05, 3.63) is 12.2 Å². The Morgan fingerprint density at radius 3 is 3.11 bits per heavy atom. The molecule has 5 heteroatoms. The Kier molecular flexibility index (Phi) is 1.76. The maximum Gasteiger partial charge on any atom is 0.245 e. The van der Waals surface area contributed by atoms with Gasteiger partial charge in [-0.25, -0.2) is 0 Å². The lowest BCUT2D eigenvalue weighted by Gasteiger charge is -1.97. The molecule has 0 fully saturated rings. The van der Waals surface area contributed by atoms with Crippen LogP contribution >= 0.6 is 0 Å². The minimum absolute atomic E-state index is 0.178. The largest absolute Gasteiger partial charge is 0.394 e. The van der Waals surface area contributed by atoms with Crippen molar-refractivity contribution in [1.29, 1.82) is 0 Å². The van der Waals surface area contributed by atoms with Crippen molar-refractivity contribution >= 4 is 0 Å². The van der Waals surface area contributed by atoms with Crippen LogP contribution in [0.25, 0.3) is 0 Å². The predicted octanol–water partition coefficient (Wildman–Crippen LogP) is -0.938. The Bertz CT molecular complexity index is 162. The van der Waals surface area contributed by atoms with Crippen molar-refractivity contribution in [3.63, 3.8) is 0 Å². The van der Waals surface area contributed by atoms with Crippen molar-refractivity contribution in [3.8, 4) is 0 Å². The molecular weight excluding hydrogens is 122 g/mol. The molecule has 0 aliphatic carbocycles. The molecule has 0 unspecified atom stereocenters. The van der Waals surface area contributed by atoms with Gasteiger partial charge in [0.15, 0.2) is 6.33 Å². The summed E-state index contributed by atoms with van der Waals surface area (Å²) in [7, 11) is 0. The second kappa shape index (κ2) is 2.56. The van der Waals surface area contributed by atoms with Gasteiger partial charge in [-0.3, -0.25) is 0 Å². The van der Waals surface area contributed by atoms with Gasteiger partial charge in [0.2, 0.25) is 5.89 Å². The number of hydrogen-bond donors (Lipinski definition) is 2. The van der Waals surface area contributed by atoms with Crippen LogP contribution in [-0.2, 0) is 0 Å². The molecule has 0 spiro atoms. The van der Waals surface area contributed by atoms with Gasteiger partial charge in [0.1, 0.15) is 6.04 Å². The van der Waals surface area contributed by atoms with Gasteiger partial charge in [0.25, 0.3) is 0 Å². The lowest BCUT2D eigenvalue weighted by molar-refractivity contribution is 0.237.